The summed E-state index contributed by atoms with van der Waals surface area (Å²) < 4.78 is 4.47. The Hall–Kier alpha value is -0.830. The number of aliphatic hydroxyl groups excluding tert-OH is 1. The van der Waals surface area contributed by atoms with E-state index in [4.69, 9.17) is 5.11 Å². The summed E-state index contributed by atoms with van der Waals surface area (Å²) >= 11 is 0. The molecule has 0 saturated heterocycles. The van der Waals surface area contributed by atoms with Crippen molar-refractivity contribution < 1.29 is 14.6 Å². The van der Waals surface area contributed by atoms with Gasteiger partial charge in [0, 0.05) is 12.7 Å². The summed E-state index contributed by atoms with van der Waals surface area (Å²) in [6.07, 6.45) is 4.00. The normalized spacial score (nSPS) is 15.7. The Morgan fingerprint density at radius 2 is 2.15 bits per heavy atom. The van der Waals surface area contributed by atoms with Gasteiger partial charge >= 0.3 is 5.97 Å². The molecule has 0 fully saturated rings. The van der Waals surface area contributed by atoms with Crippen molar-refractivity contribution in [1.82, 2.24) is 0 Å². The average Bonchev–Trinajstić information content (AvgIpc) is 2.13. The second kappa shape index (κ2) is 6.66. The van der Waals surface area contributed by atoms with Crippen molar-refractivity contribution >= 4 is 5.97 Å². The molecule has 0 aromatic heterocycles. The molecule has 76 valence electrons. The number of esters is 1. The third kappa shape index (κ3) is 5.42. The zero-order valence-electron chi connectivity index (χ0n) is 8.49. The van der Waals surface area contributed by atoms with Crippen molar-refractivity contribution in [2.75, 3.05) is 13.7 Å². The molecule has 0 aliphatic carbocycles. The van der Waals surface area contributed by atoms with Crippen molar-refractivity contribution in [3.05, 3.63) is 12.2 Å². The van der Waals surface area contributed by atoms with Gasteiger partial charge in [-0.05, 0) is 18.3 Å². The van der Waals surface area contributed by atoms with E-state index in [1.165, 1.54) is 13.2 Å². The van der Waals surface area contributed by atoms with Crippen LogP contribution in [0.2, 0.25) is 0 Å². The maximum Gasteiger partial charge on any atom is 0.330 e. The molecule has 3 nitrogen and oxygen atoms in total. The van der Waals surface area contributed by atoms with Crippen LogP contribution in [0.4, 0.5) is 0 Å². The lowest BCUT2D eigenvalue weighted by Gasteiger charge is -2.14. The lowest BCUT2D eigenvalue weighted by Crippen LogP contribution is -2.08. The van der Waals surface area contributed by atoms with Gasteiger partial charge in [-0.25, -0.2) is 4.79 Å². The molecule has 2 atom stereocenters. The zero-order chi connectivity index (χ0) is 10.3. The molecule has 1 N–H and O–H groups in total. The Morgan fingerprint density at radius 1 is 1.54 bits per heavy atom. The van der Waals surface area contributed by atoms with E-state index in [0.29, 0.717) is 5.92 Å². The fourth-order valence-corrected chi connectivity index (χ4v) is 0.955. The van der Waals surface area contributed by atoms with Crippen molar-refractivity contribution in [3.8, 4) is 0 Å². The van der Waals surface area contributed by atoms with Gasteiger partial charge in [-0.15, -0.1) is 0 Å². The smallest absolute Gasteiger partial charge is 0.330 e. The second-order valence-corrected chi connectivity index (χ2v) is 3.23. The van der Waals surface area contributed by atoms with E-state index in [1.807, 2.05) is 19.9 Å². The number of rotatable bonds is 5. The first-order chi connectivity index (χ1) is 6.11. The first kappa shape index (κ1) is 12.2. The molecule has 0 aliphatic rings. The van der Waals surface area contributed by atoms with Gasteiger partial charge < -0.3 is 9.84 Å². The summed E-state index contributed by atoms with van der Waals surface area (Å²) in [5, 5.41) is 8.69. The highest BCUT2D eigenvalue weighted by molar-refractivity contribution is 5.81. The van der Waals surface area contributed by atoms with Crippen LogP contribution < -0.4 is 0 Å². The highest BCUT2D eigenvalue weighted by Crippen LogP contribution is 2.15. The maximum absolute atomic E-state index is 10.7. The highest BCUT2D eigenvalue weighted by atomic mass is 16.5. The molecule has 0 saturated carbocycles. The molecule has 0 heterocycles. The van der Waals surface area contributed by atoms with Crippen LogP contribution in [-0.4, -0.2) is 24.8 Å². The number of carbonyl (C=O) groups excluding carboxylic acids is 1. The first-order valence-corrected chi connectivity index (χ1v) is 4.48. The molecule has 0 aromatic carbocycles. The summed E-state index contributed by atoms with van der Waals surface area (Å²) in [6, 6.07) is 0. The summed E-state index contributed by atoms with van der Waals surface area (Å²) in [6.45, 7) is 4.25. The van der Waals surface area contributed by atoms with Crippen molar-refractivity contribution in [2.24, 2.45) is 11.8 Å². The number of ether oxygens (including phenoxy) is 1. The number of allylic oxidation sites excluding steroid dienone is 1. The SMILES string of the molecule is COC(=O)/C=C/[C@@H](C)[C@@H](C)CCO. The van der Waals surface area contributed by atoms with Gasteiger partial charge in [0.2, 0.25) is 0 Å². The van der Waals surface area contributed by atoms with Crippen LogP contribution in [0, 0.1) is 11.8 Å². The van der Waals surface area contributed by atoms with Crippen molar-refractivity contribution in [1.29, 1.82) is 0 Å². The minimum atomic E-state index is -0.331. The first-order valence-electron chi connectivity index (χ1n) is 4.48. The third-order valence-corrected chi connectivity index (χ3v) is 2.22. The molecule has 0 amide bonds. The van der Waals surface area contributed by atoms with Crippen LogP contribution in [-0.2, 0) is 9.53 Å². The lowest BCUT2D eigenvalue weighted by atomic mass is 9.93. The molecular weight excluding hydrogens is 168 g/mol. The maximum atomic E-state index is 10.7. The molecular formula is C10H18O3. The Morgan fingerprint density at radius 3 is 2.62 bits per heavy atom. The standard InChI is InChI=1S/C10H18O3/c1-8(9(2)6-7-11)4-5-10(12)13-3/h4-5,8-9,11H,6-7H2,1-3H3/b5-4+/t8-,9+/m1/s1. The minimum absolute atomic E-state index is 0.192. The molecule has 0 radical (unpaired) electrons. The van der Waals surface area contributed by atoms with Gasteiger partial charge in [-0.2, -0.15) is 0 Å². The van der Waals surface area contributed by atoms with Crippen molar-refractivity contribution in [3.63, 3.8) is 0 Å². The van der Waals surface area contributed by atoms with E-state index in [9.17, 15) is 4.79 Å². The number of methoxy groups -OCH3 is 1. The Kier molecular flexibility index (Phi) is 6.24. The molecule has 0 rings (SSSR count). The van der Waals surface area contributed by atoms with Gasteiger partial charge in [0.15, 0.2) is 0 Å². The Labute approximate surface area is 79.4 Å². The molecule has 0 bridgehead atoms. The summed E-state index contributed by atoms with van der Waals surface area (Å²) in [4.78, 5) is 10.7. The van der Waals surface area contributed by atoms with Crippen molar-refractivity contribution in [2.45, 2.75) is 20.3 Å². The number of carbonyl (C=O) groups is 1. The van der Waals surface area contributed by atoms with E-state index in [2.05, 4.69) is 4.74 Å². The van der Waals surface area contributed by atoms with Crippen LogP contribution >= 0.6 is 0 Å². The molecule has 0 unspecified atom stereocenters. The molecule has 13 heavy (non-hydrogen) atoms. The van der Waals surface area contributed by atoms with Gasteiger partial charge in [0.1, 0.15) is 0 Å². The predicted octanol–water partition coefficient (Wildman–Crippen LogP) is 1.37. The molecule has 0 spiro atoms. The van der Waals surface area contributed by atoms with Crippen LogP contribution in [0.3, 0.4) is 0 Å². The molecule has 0 aromatic rings. The fourth-order valence-electron chi connectivity index (χ4n) is 0.955. The largest absolute Gasteiger partial charge is 0.466 e. The summed E-state index contributed by atoms with van der Waals surface area (Å²) in [5.74, 6) is 0.334. The van der Waals surface area contributed by atoms with E-state index in [-0.39, 0.29) is 18.5 Å². The highest BCUT2D eigenvalue weighted by Gasteiger charge is 2.08. The van der Waals surface area contributed by atoms with Gasteiger partial charge in [0.25, 0.3) is 0 Å². The zero-order valence-corrected chi connectivity index (χ0v) is 8.49. The monoisotopic (exact) mass is 186 g/mol. The van der Waals surface area contributed by atoms with Crippen LogP contribution in [0.1, 0.15) is 20.3 Å². The number of aliphatic hydroxyl groups is 1. The average molecular weight is 186 g/mol. The van der Waals surface area contributed by atoms with Gasteiger partial charge in [-0.3, -0.25) is 0 Å². The Bertz CT molecular complexity index is 175. The number of hydrogen-bond donors (Lipinski definition) is 1. The fraction of sp³-hybridized carbons (Fsp3) is 0.700. The summed E-state index contributed by atoms with van der Waals surface area (Å²) in [7, 11) is 1.36. The Balaban J connectivity index is 3.90. The van der Waals surface area contributed by atoms with Crippen LogP contribution in [0.5, 0.6) is 0 Å². The van der Waals surface area contributed by atoms with Crippen LogP contribution in [0.25, 0.3) is 0 Å². The van der Waals surface area contributed by atoms with Gasteiger partial charge in [-0.1, -0.05) is 19.9 Å². The molecule has 3 heteroatoms. The topological polar surface area (TPSA) is 46.5 Å². The van der Waals surface area contributed by atoms with E-state index in [0.717, 1.165) is 6.42 Å². The second-order valence-electron chi connectivity index (χ2n) is 3.23. The third-order valence-electron chi connectivity index (χ3n) is 2.22. The van der Waals surface area contributed by atoms with Gasteiger partial charge in [0.05, 0.1) is 7.11 Å². The van der Waals surface area contributed by atoms with E-state index < -0.39 is 0 Å². The molecule has 0 aliphatic heterocycles. The number of hydrogen-bond acceptors (Lipinski definition) is 3. The quantitative estimate of drug-likeness (QED) is 0.521. The van der Waals surface area contributed by atoms with E-state index in [1.54, 1.807) is 0 Å². The lowest BCUT2D eigenvalue weighted by molar-refractivity contribution is -0.134. The minimum Gasteiger partial charge on any atom is -0.466 e. The summed E-state index contributed by atoms with van der Waals surface area (Å²) in [5.41, 5.74) is 0. The van der Waals surface area contributed by atoms with E-state index >= 15 is 0 Å². The predicted molar refractivity (Wildman–Crippen MR) is 51.2 cm³/mol. The van der Waals surface area contributed by atoms with Crippen LogP contribution in [0.15, 0.2) is 12.2 Å².